The number of amides is 1. The Hall–Kier alpha value is -3.02. The van der Waals surface area contributed by atoms with Crippen molar-refractivity contribution in [2.24, 2.45) is 0 Å². The zero-order valence-electron chi connectivity index (χ0n) is 16.2. The van der Waals surface area contributed by atoms with Gasteiger partial charge in [0, 0.05) is 27.4 Å². The van der Waals surface area contributed by atoms with Crippen LogP contribution >= 0.6 is 23.2 Å². The molecule has 5 nitrogen and oxygen atoms in total. The molecule has 0 atom stereocenters. The Balaban J connectivity index is 1.60. The number of hydrogen-bond acceptors (Lipinski definition) is 4. The lowest BCUT2D eigenvalue weighted by molar-refractivity contribution is -0.111. The maximum absolute atomic E-state index is 12.1. The molecule has 1 N–H and O–H groups in total. The molecule has 0 saturated carbocycles. The molecule has 0 aliphatic carbocycles. The number of esters is 1. The van der Waals surface area contributed by atoms with Crippen LogP contribution in [0, 0.1) is 0 Å². The van der Waals surface area contributed by atoms with Gasteiger partial charge in [-0.15, -0.1) is 0 Å². The molecule has 0 spiro atoms. The summed E-state index contributed by atoms with van der Waals surface area (Å²) >= 11 is 12.0. The first kappa shape index (κ1) is 21.7. The maximum atomic E-state index is 12.1. The van der Waals surface area contributed by atoms with Crippen molar-refractivity contribution in [3.8, 4) is 11.3 Å². The maximum Gasteiger partial charge on any atom is 0.338 e. The zero-order valence-corrected chi connectivity index (χ0v) is 17.7. The Kier molecular flexibility index (Phi) is 7.33. The van der Waals surface area contributed by atoms with Crippen LogP contribution in [-0.4, -0.2) is 18.5 Å². The van der Waals surface area contributed by atoms with Crippen LogP contribution in [0.25, 0.3) is 17.4 Å². The highest BCUT2D eigenvalue weighted by atomic mass is 35.5. The number of benzene rings is 2. The van der Waals surface area contributed by atoms with Crippen LogP contribution in [0.2, 0.25) is 10.0 Å². The Bertz CT molecular complexity index is 1050. The van der Waals surface area contributed by atoms with E-state index in [0.29, 0.717) is 39.4 Å². The fraction of sp³-hybridized carbons (Fsp3) is 0.130. The monoisotopic (exact) mass is 443 g/mol. The molecule has 1 amide bonds. The Morgan fingerprint density at radius 2 is 1.73 bits per heavy atom. The number of ether oxygens (including phenoxy) is 1. The first-order chi connectivity index (χ1) is 14.4. The van der Waals surface area contributed by atoms with Gasteiger partial charge in [-0.3, -0.25) is 4.79 Å². The second-order valence-electron chi connectivity index (χ2n) is 6.40. The van der Waals surface area contributed by atoms with Crippen molar-refractivity contribution in [3.63, 3.8) is 0 Å². The van der Waals surface area contributed by atoms with E-state index in [4.69, 9.17) is 32.4 Å². The first-order valence-electron chi connectivity index (χ1n) is 9.27. The molecule has 30 heavy (non-hydrogen) atoms. The van der Waals surface area contributed by atoms with E-state index in [1.807, 2.05) is 6.92 Å². The average Bonchev–Trinajstić information content (AvgIpc) is 3.19. The summed E-state index contributed by atoms with van der Waals surface area (Å²) in [6.45, 7) is 2.30. The minimum absolute atomic E-state index is 0.333. The predicted octanol–water partition coefficient (Wildman–Crippen LogP) is 6.47. The third-order valence-corrected chi connectivity index (χ3v) is 4.43. The molecule has 2 aromatic carbocycles. The van der Waals surface area contributed by atoms with Gasteiger partial charge in [-0.05, 0) is 67.1 Å². The van der Waals surface area contributed by atoms with Crippen molar-refractivity contribution >= 4 is 46.8 Å². The van der Waals surface area contributed by atoms with E-state index in [1.54, 1.807) is 60.7 Å². The fourth-order valence-electron chi connectivity index (χ4n) is 2.60. The number of nitrogens with one attached hydrogen (secondary N) is 1. The normalized spacial score (nSPS) is 10.9. The Labute approximate surface area is 184 Å². The largest absolute Gasteiger partial charge is 0.462 e. The summed E-state index contributed by atoms with van der Waals surface area (Å²) < 4.78 is 10.8. The summed E-state index contributed by atoms with van der Waals surface area (Å²) in [6, 6.07) is 15.1. The van der Waals surface area contributed by atoms with E-state index < -0.39 is 0 Å². The summed E-state index contributed by atoms with van der Waals surface area (Å²) in [5, 5.41) is 3.74. The van der Waals surface area contributed by atoms with E-state index >= 15 is 0 Å². The lowest BCUT2D eigenvalue weighted by Crippen LogP contribution is -2.09. The number of carbonyl (C=O) groups is 2. The molecular formula is C23H19Cl2NO4. The standard InChI is InChI=1S/C23H19Cl2NO4/c1-2-11-29-23(28)15-3-5-19(6-4-15)26-22(27)10-8-20-7-9-21(30-20)16-12-17(24)14-18(25)13-16/h3-10,12-14H,2,11H2,1H3,(H,26,27)/b10-8+. The molecule has 1 aromatic heterocycles. The van der Waals surface area contributed by atoms with Gasteiger partial charge in [0.15, 0.2) is 0 Å². The van der Waals surface area contributed by atoms with Crippen molar-refractivity contribution in [3.05, 3.63) is 82.0 Å². The molecule has 7 heteroatoms. The minimum atomic E-state index is -0.385. The zero-order chi connectivity index (χ0) is 21.5. The predicted molar refractivity (Wildman–Crippen MR) is 119 cm³/mol. The molecule has 0 saturated heterocycles. The van der Waals surface area contributed by atoms with Crippen molar-refractivity contribution in [2.45, 2.75) is 13.3 Å². The molecule has 154 valence electrons. The van der Waals surface area contributed by atoms with Crippen molar-refractivity contribution in [1.82, 2.24) is 0 Å². The molecule has 0 fully saturated rings. The van der Waals surface area contributed by atoms with Gasteiger partial charge in [0.25, 0.3) is 0 Å². The summed E-state index contributed by atoms with van der Waals surface area (Å²) in [4.78, 5) is 23.9. The second-order valence-corrected chi connectivity index (χ2v) is 7.27. The van der Waals surface area contributed by atoms with E-state index in [0.717, 1.165) is 12.0 Å². The Morgan fingerprint density at radius 1 is 1.03 bits per heavy atom. The van der Waals surface area contributed by atoms with Crippen molar-refractivity contribution < 1.29 is 18.7 Å². The smallest absolute Gasteiger partial charge is 0.338 e. The van der Waals surface area contributed by atoms with Crippen molar-refractivity contribution in [1.29, 1.82) is 0 Å². The molecule has 0 aliphatic rings. The lowest BCUT2D eigenvalue weighted by atomic mass is 10.2. The summed E-state index contributed by atoms with van der Waals surface area (Å²) in [5.41, 5.74) is 1.74. The molecule has 3 aromatic rings. The molecule has 0 radical (unpaired) electrons. The van der Waals surface area contributed by atoms with Crippen LogP contribution in [0.4, 0.5) is 5.69 Å². The second kappa shape index (κ2) is 10.1. The van der Waals surface area contributed by atoms with Gasteiger partial charge < -0.3 is 14.5 Å². The van der Waals surface area contributed by atoms with Gasteiger partial charge in [0.2, 0.25) is 5.91 Å². The van der Waals surface area contributed by atoms with E-state index in [9.17, 15) is 9.59 Å². The Morgan fingerprint density at radius 3 is 2.40 bits per heavy atom. The molecule has 3 rings (SSSR count). The number of halogens is 2. The third kappa shape index (κ3) is 5.99. The summed E-state index contributed by atoms with van der Waals surface area (Å²) in [5.74, 6) is 0.375. The highest BCUT2D eigenvalue weighted by molar-refractivity contribution is 6.35. The highest BCUT2D eigenvalue weighted by Gasteiger charge is 2.08. The van der Waals surface area contributed by atoms with Gasteiger partial charge >= 0.3 is 5.97 Å². The third-order valence-electron chi connectivity index (χ3n) is 4.00. The van der Waals surface area contributed by atoms with Crippen LogP contribution in [0.3, 0.4) is 0 Å². The average molecular weight is 444 g/mol. The van der Waals surface area contributed by atoms with Gasteiger partial charge in [0.05, 0.1) is 12.2 Å². The minimum Gasteiger partial charge on any atom is -0.462 e. The van der Waals surface area contributed by atoms with E-state index in [-0.39, 0.29) is 11.9 Å². The van der Waals surface area contributed by atoms with Crippen LogP contribution in [0.5, 0.6) is 0 Å². The topological polar surface area (TPSA) is 68.5 Å². The molecule has 0 unspecified atom stereocenters. The van der Waals surface area contributed by atoms with Crippen LogP contribution < -0.4 is 5.32 Å². The number of anilines is 1. The molecule has 0 aliphatic heterocycles. The van der Waals surface area contributed by atoms with E-state index in [2.05, 4.69) is 5.32 Å². The van der Waals surface area contributed by atoms with Crippen LogP contribution in [-0.2, 0) is 9.53 Å². The number of furan rings is 1. The van der Waals surface area contributed by atoms with Crippen molar-refractivity contribution in [2.75, 3.05) is 11.9 Å². The summed E-state index contributed by atoms with van der Waals surface area (Å²) in [7, 11) is 0. The van der Waals surface area contributed by atoms with Gasteiger partial charge in [0.1, 0.15) is 11.5 Å². The molecule has 0 bridgehead atoms. The number of carbonyl (C=O) groups excluding carboxylic acids is 2. The summed E-state index contributed by atoms with van der Waals surface area (Å²) in [6.07, 6.45) is 3.68. The number of hydrogen-bond donors (Lipinski definition) is 1. The highest BCUT2D eigenvalue weighted by Crippen LogP contribution is 2.28. The first-order valence-corrected chi connectivity index (χ1v) is 10.0. The van der Waals surface area contributed by atoms with Gasteiger partial charge in [-0.25, -0.2) is 4.79 Å². The lowest BCUT2D eigenvalue weighted by Gasteiger charge is -2.05. The SMILES string of the molecule is CCCOC(=O)c1ccc(NC(=O)/C=C/c2ccc(-c3cc(Cl)cc(Cl)c3)o2)cc1. The molecule has 1 heterocycles. The molecular weight excluding hydrogens is 425 g/mol. The van der Waals surface area contributed by atoms with E-state index in [1.165, 1.54) is 6.08 Å². The quantitative estimate of drug-likeness (QED) is 0.335. The van der Waals surface area contributed by atoms with Gasteiger partial charge in [-0.1, -0.05) is 30.1 Å². The number of rotatable bonds is 7. The van der Waals surface area contributed by atoms with Crippen LogP contribution in [0.15, 0.2) is 65.1 Å². The fourth-order valence-corrected chi connectivity index (χ4v) is 3.13. The van der Waals surface area contributed by atoms with Gasteiger partial charge in [-0.2, -0.15) is 0 Å². The van der Waals surface area contributed by atoms with Crippen LogP contribution in [0.1, 0.15) is 29.5 Å².